The Labute approximate surface area is 222 Å². The summed E-state index contributed by atoms with van der Waals surface area (Å²) in [7, 11) is 3.43. The predicted molar refractivity (Wildman–Crippen MR) is 151 cm³/mol. The zero-order valence-electron chi connectivity index (χ0n) is 23.7. The maximum Gasteiger partial charge on any atom is 0.223 e. The molecular formula is C28H48FN3O3S. The minimum atomic E-state index is -0.708. The SMILES string of the molecule is C=C/C(F)=C(/SN(CC)C(C)(C)C=O)C(=C)OC.CC.CNC1C(C)C=C2CC1CC(C)(C(N)=O)C2. The van der Waals surface area contributed by atoms with E-state index in [2.05, 4.69) is 31.5 Å². The van der Waals surface area contributed by atoms with Gasteiger partial charge in [-0.15, -0.1) is 0 Å². The highest BCUT2D eigenvalue weighted by Crippen LogP contribution is 2.47. The highest BCUT2D eigenvalue weighted by Gasteiger charge is 2.44. The van der Waals surface area contributed by atoms with Gasteiger partial charge in [0.15, 0.2) is 0 Å². The monoisotopic (exact) mass is 525 g/mol. The molecule has 8 heteroatoms. The molecule has 1 saturated carbocycles. The average molecular weight is 526 g/mol. The molecule has 1 amide bonds. The molecule has 0 aromatic carbocycles. The van der Waals surface area contributed by atoms with E-state index in [0.717, 1.165) is 43.6 Å². The molecule has 4 unspecified atom stereocenters. The van der Waals surface area contributed by atoms with Gasteiger partial charge < -0.3 is 20.6 Å². The number of fused-ring (bicyclic) bond motifs is 2. The number of methoxy groups -OCH3 is 1. The Morgan fingerprint density at radius 2 is 2.03 bits per heavy atom. The summed E-state index contributed by atoms with van der Waals surface area (Å²) in [5.41, 5.74) is 5.93. The third-order valence-corrected chi connectivity index (χ3v) is 8.23. The first-order chi connectivity index (χ1) is 16.8. The molecule has 0 heterocycles. The maximum atomic E-state index is 13.7. The van der Waals surface area contributed by atoms with Crippen LogP contribution in [0.5, 0.6) is 0 Å². The number of carbonyl (C=O) groups excluding carboxylic acids is 2. The number of halogens is 1. The molecule has 0 saturated heterocycles. The highest BCUT2D eigenvalue weighted by atomic mass is 32.2. The van der Waals surface area contributed by atoms with E-state index >= 15 is 0 Å². The molecule has 36 heavy (non-hydrogen) atoms. The third-order valence-electron chi connectivity index (χ3n) is 6.67. The summed E-state index contributed by atoms with van der Waals surface area (Å²) >= 11 is 1.10. The number of likely N-dealkylation sites (N-methyl/N-ethyl adjacent to an activating group) is 1. The quantitative estimate of drug-likeness (QED) is 0.121. The largest absolute Gasteiger partial charge is 0.496 e. The van der Waals surface area contributed by atoms with Crippen molar-refractivity contribution >= 4 is 24.1 Å². The van der Waals surface area contributed by atoms with Crippen molar-refractivity contribution in [3.63, 3.8) is 0 Å². The van der Waals surface area contributed by atoms with Crippen molar-refractivity contribution in [2.45, 2.75) is 79.3 Å². The van der Waals surface area contributed by atoms with E-state index in [1.54, 1.807) is 18.2 Å². The van der Waals surface area contributed by atoms with E-state index in [1.807, 2.05) is 34.7 Å². The van der Waals surface area contributed by atoms with Crippen molar-refractivity contribution < 1.29 is 18.7 Å². The standard InChI is InChI=1S/C13H20FNO2S.C13H22N2O.C2H6/c1-7-11(14)12(10(3)17-6)18-15(8-2)13(4,5)9-16;1-8-4-9-5-10(11(8)15-3)7-13(2,6-9)12(14)16;1-2/h7,9H,1,3,8H2,2,4-6H3;4,8,10-11,15H,5-7H2,1-3H3,(H2,14,16);1-2H3/b12-11-;;. The summed E-state index contributed by atoms with van der Waals surface area (Å²) in [4.78, 5) is 22.8. The van der Waals surface area contributed by atoms with Crippen LogP contribution in [0, 0.1) is 17.3 Å². The molecule has 206 valence electrons. The summed E-state index contributed by atoms with van der Waals surface area (Å²) < 4.78 is 20.4. The topological polar surface area (TPSA) is 84.7 Å². The number of allylic oxidation sites excluding steroid dienone is 3. The molecule has 2 rings (SSSR count). The Morgan fingerprint density at radius 3 is 2.44 bits per heavy atom. The van der Waals surface area contributed by atoms with Crippen molar-refractivity contribution in [1.29, 1.82) is 0 Å². The van der Waals surface area contributed by atoms with Gasteiger partial charge in [0.2, 0.25) is 5.91 Å². The lowest BCUT2D eigenvalue weighted by molar-refractivity contribution is -0.128. The second-order valence-electron chi connectivity index (χ2n) is 9.83. The molecule has 2 aliphatic carbocycles. The summed E-state index contributed by atoms with van der Waals surface area (Å²) in [6.45, 7) is 21.3. The summed E-state index contributed by atoms with van der Waals surface area (Å²) in [6.07, 6.45) is 7.17. The summed E-state index contributed by atoms with van der Waals surface area (Å²) in [5, 5.41) is 3.39. The number of carbonyl (C=O) groups is 2. The third kappa shape index (κ3) is 8.89. The van der Waals surface area contributed by atoms with Crippen LogP contribution in [-0.2, 0) is 14.3 Å². The molecule has 1 fully saturated rings. The Balaban J connectivity index is 0.000000638. The normalized spacial score (nSPS) is 25.6. The van der Waals surface area contributed by atoms with Crippen LogP contribution in [0.15, 0.2) is 47.4 Å². The molecule has 6 nitrogen and oxygen atoms in total. The van der Waals surface area contributed by atoms with Gasteiger partial charge in [0.25, 0.3) is 0 Å². The Bertz CT molecular complexity index is 840. The number of hydrogen-bond acceptors (Lipinski definition) is 6. The molecular weight excluding hydrogens is 477 g/mol. The summed E-state index contributed by atoms with van der Waals surface area (Å²) in [5.74, 6) is 0.666. The molecule has 3 N–H and O–H groups in total. The lowest BCUT2D eigenvalue weighted by Crippen LogP contribution is -2.49. The van der Waals surface area contributed by atoms with Crippen LogP contribution in [-0.4, -0.2) is 48.8 Å². The van der Waals surface area contributed by atoms with E-state index < -0.39 is 11.4 Å². The number of primary amides is 1. The fraction of sp³-hybridized carbons (Fsp3) is 0.643. The molecule has 0 aliphatic heterocycles. The molecule has 0 radical (unpaired) electrons. The fourth-order valence-electron chi connectivity index (χ4n) is 4.78. The number of nitrogens with two attached hydrogens (primary N) is 1. The lowest BCUT2D eigenvalue weighted by atomic mass is 9.62. The number of rotatable bonds is 10. The van der Waals surface area contributed by atoms with Crippen molar-refractivity contribution in [1.82, 2.24) is 9.62 Å². The second-order valence-corrected chi connectivity index (χ2v) is 10.9. The first kappa shape index (κ1) is 34.1. The van der Waals surface area contributed by atoms with Crippen molar-refractivity contribution in [3.8, 4) is 0 Å². The van der Waals surface area contributed by atoms with Crippen LogP contribution in [0.1, 0.15) is 67.7 Å². The highest BCUT2D eigenvalue weighted by molar-refractivity contribution is 8.01. The fourth-order valence-corrected chi connectivity index (χ4v) is 5.76. The zero-order valence-corrected chi connectivity index (χ0v) is 24.6. The van der Waals surface area contributed by atoms with Gasteiger partial charge in [0.05, 0.1) is 18.1 Å². The van der Waals surface area contributed by atoms with Crippen molar-refractivity contribution in [2.24, 2.45) is 23.0 Å². The Morgan fingerprint density at radius 1 is 1.44 bits per heavy atom. The number of hydrogen-bond donors (Lipinski definition) is 2. The molecule has 2 bridgehead atoms. The van der Waals surface area contributed by atoms with Gasteiger partial charge in [-0.25, -0.2) is 8.70 Å². The maximum absolute atomic E-state index is 13.7. The minimum absolute atomic E-state index is 0.146. The van der Waals surface area contributed by atoms with Crippen LogP contribution < -0.4 is 11.1 Å². The van der Waals surface area contributed by atoms with E-state index in [0.29, 0.717) is 24.4 Å². The Hall–Kier alpha value is -1.90. The molecule has 4 atom stereocenters. The zero-order chi connectivity index (χ0) is 28.3. The number of amides is 1. The van der Waals surface area contributed by atoms with Crippen LogP contribution in [0.2, 0.25) is 0 Å². The van der Waals surface area contributed by atoms with Crippen LogP contribution in [0.4, 0.5) is 4.39 Å². The molecule has 0 spiro atoms. The van der Waals surface area contributed by atoms with Gasteiger partial charge in [0.1, 0.15) is 22.8 Å². The van der Waals surface area contributed by atoms with Gasteiger partial charge >= 0.3 is 0 Å². The van der Waals surface area contributed by atoms with E-state index in [9.17, 15) is 14.0 Å². The Kier molecular flexibility index (Phi) is 14.6. The first-order valence-electron chi connectivity index (χ1n) is 12.6. The molecule has 2 aliphatic rings. The van der Waals surface area contributed by atoms with E-state index in [4.69, 9.17) is 10.5 Å². The lowest BCUT2D eigenvalue weighted by Gasteiger charge is -2.45. The number of nitrogens with zero attached hydrogens (tertiary/aromatic N) is 1. The van der Waals surface area contributed by atoms with Crippen LogP contribution >= 0.6 is 11.9 Å². The average Bonchev–Trinajstić information content (AvgIpc) is 2.84. The number of nitrogens with one attached hydrogen (secondary N) is 1. The molecule has 0 aromatic rings. The van der Waals surface area contributed by atoms with Crippen molar-refractivity contribution in [3.05, 3.63) is 47.4 Å². The van der Waals surface area contributed by atoms with E-state index in [1.165, 1.54) is 12.7 Å². The first-order valence-corrected chi connectivity index (χ1v) is 13.4. The molecule has 0 aromatic heterocycles. The van der Waals surface area contributed by atoms with Crippen molar-refractivity contribution in [2.75, 3.05) is 20.7 Å². The predicted octanol–water partition coefficient (Wildman–Crippen LogP) is 5.93. The van der Waals surface area contributed by atoms with Gasteiger partial charge in [-0.3, -0.25) is 4.79 Å². The van der Waals surface area contributed by atoms with Crippen LogP contribution in [0.3, 0.4) is 0 Å². The summed E-state index contributed by atoms with van der Waals surface area (Å²) in [6, 6.07) is 0.489. The van der Waals surface area contributed by atoms with Gasteiger partial charge in [0, 0.05) is 12.6 Å². The number of aldehydes is 1. The number of ether oxygens (including phenoxy) is 1. The minimum Gasteiger partial charge on any atom is -0.496 e. The van der Waals surface area contributed by atoms with Gasteiger partial charge in [-0.1, -0.05) is 59.4 Å². The van der Waals surface area contributed by atoms with E-state index in [-0.39, 0.29) is 22.0 Å². The van der Waals surface area contributed by atoms with Gasteiger partial charge in [-0.2, -0.15) is 0 Å². The second kappa shape index (κ2) is 15.4. The van der Waals surface area contributed by atoms with Crippen LogP contribution in [0.25, 0.3) is 0 Å². The van der Waals surface area contributed by atoms with Gasteiger partial charge in [-0.05, 0) is 70.0 Å². The smallest absolute Gasteiger partial charge is 0.223 e.